The van der Waals surface area contributed by atoms with Crippen LogP contribution in [0.5, 0.6) is 0 Å². The van der Waals surface area contributed by atoms with Gasteiger partial charge in [-0.3, -0.25) is 0 Å². The summed E-state index contributed by atoms with van der Waals surface area (Å²) in [5, 5.41) is 1.32. The molecule has 1 atom stereocenters. The van der Waals surface area contributed by atoms with Crippen LogP contribution >= 0.6 is 0 Å². The van der Waals surface area contributed by atoms with Crippen molar-refractivity contribution in [2.24, 2.45) is 0 Å². The molecule has 0 amide bonds. The SMILES string of the molecule is c1ccc2c(c1)ccn2C1CCOC1. The first-order valence-corrected chi connectivity index (χ1v) is 5.08. The van der Waals surface area contributed by atoms with E-state index in [9.17, 15) is 0 Å². The minimum atomic E-state index is 0.537. The van der Waals surface area contributed by atoms with Gasteiger partial charge in [0.25, 0.3) is 0 Å². The highest BCUT2D eigenvalue weighted by molar-refractivity contribution is 5.80. The molecular weight excluding hydrogens is 174 g/mol. The van der Waals surface area contributed by atoms with Crippen LogP contribution in [0.3, 0.4) is 0 Å². The van der Waals surface area contributed by atoms with Crippen molar-refractivity contribution in [3.63, 3.8) is 0 Å². The number of nitrogens with zero attached hydrogens (tertiary/aromatic N) is 1. The molecule has 0 bridgehead atoms. The lowest BCUT2D eigenvalue weighted by molar-refractivity contribution is 0.187. The third kappa shape index (κ3) is 1.15. The average molecular weight is 187 g/mol. The van der Waals surface area contributed by atoms with E-state index in [-0.39, 0.29) is 0 Å². The molecule has 2 heterocycles. The Bertz CT molecular complexity index is 440. The molecule has 0 aliphatic carbocycles. The second-order valence-corrected chi connectivity index (χ2v) is 3.80. The molecule has 0 spiro atoms. The molecule has 72 valence electrons. The summed E-state index contributed by atoms with van der Waals surface area (Å²) in [6, 6.07) is 11.2. The highest BCUT2D eigenvalue weighted by atomic mass is 16.5. The van der Waals surface area contributed by atoms with Crippen LogP contribution in [0.1, 0.15) is 12.5 Å². The van der Waals surface area contributed by atoms with Gasteiger partial charge in [0, 0.05) is 18.3 Å². The van der Waals surface area contributed by atoms with E-state index < -0.39 is 0 Å². The summed E-state index contributed by atoms with van der Waals surface area (Å²) < 4.78 is 7.74. The largest absolute Gasteiger partial charge is 0.379 e. The van der Waals surface area contributed by atoms with Gasteiger partial charge in [-0.15, -0.1) is 0 Å². The smallest absolute Gasteiger partial charge is 0.0674 e. The minimum Gasteiger partial charge on any atom is -0.379 e. The van der Waals surface area contributed by atoms with Gasteiger partial charge >= 0.3 is 0 Å². The van der Waals surface area contributed by atoms with Crippen molar-refractivity contribution in [1.82, 2.24) is 4.57 Å². The molecular formula is C12H13NO. The van der Waals surface area contributed by atoms with E-state index in [2.05, 4.69) is 41.1 Å². The quantitative estimate of drug-likeness (QED) is 0.669. The molecule has 1 fully saturated rings. The van der Waals surface area contributed by atoms with Gasteiger partial charge < -0.3 is 9.30 Å². The van der Waals surface area contributed by atoms with Gasteiger partial charge in [-0.1, -0.05) is 18.2 Å². The molecule has 0 N–H and O–H groups in total. The number of aromatic nitrogens is 1. The molecule has 0 radical (unpaired) electrons. The van der Waals surface area contributed by atoms with Crippen molar-refractivity contribution >= 4 is 10.9 Å². The van der Waals surface area contributed by atoms with Gasteiger partial charge in [0.2, 0.25) is 0 Å². The molecule has 1 aliphatic rings. The zero-order chi connectivity index (χ0) is 9.38. The maximum atomic E-state index is 5.41. The van der Waals surface area contributed by atoms with Crippen LogP contribution in [0.25, 0.3) is 10.9 Å². The molecule has 1 aromatic carbocycles. The highest BCUT2D eigenvalue weighted by Crippen LogP contribution is 2.25. The first-order chi connectivity index (χ1) is 6.95. The summed E-state index contributed by atoms with van der Waals surface area (Å²) >= 11 is 0. The molecule has 1 aliphatic heterocycles. The van der Waals surface area contributed by atoms with E-state index in [0.717, 1.165) is 19.6 Å². The fraction of sp³-hybridized carbons (Fsp3) is 0.333. The molecule has 2 aromatic rings. The van der Waals surface area contributed by atoms with Crippen LogP contribution in [0.15, 0.2) is 36.5 Å². The average Bonchev–Trinajstić information content (AvgIpc) is 2.85. The maximum absolute atomic E-state index is 5.41. The Morgan fingerprint density at radius 3 is 3.00 bits per heavy atom. The van der Waals surface area contributed by atoms with E-state index in [0.29, 0.717) is 6.04 Å². The zero-order valence-corrected chi connectivity index (χ0v) is 8.02. The third-order valence-corrected chi connectivity index (χ3v) is 2.93. The van der Waals surface area contributed by atoms with Crippen molar-refractivity contribution in [3.8, 4) is 0 Å². The standard InChI is InChI=1S/C12H13NO/c1-2-4-12-10(3-1)5-7-13(12)11-6-8-14-9-11/h1-5,7,11H,6,8-9H2. The van der Waals surface area contributed by atoms with Crippen LogP contribution in [0, 0.1) is 0 Å². The molecule has 2 heteroatoms. The Morgan fingerprint density at radius 1 is 1.21 bits per heavy atom. The van der Waals surface area contributed by atoms with Crippen molar-refractivity contribution in [1.29, 1.82) is 0 Å². The second kappa shape index (κ2) is 3.14. The predicted octanol–water partition coefficient (Wildman–Crippen LogP) is 2.60. The summed E-state index contributed by atoms with van der Waals surface area (Å²) in [4.78, 5) is 0. The van der Waals surface area contributed by atoms with Gasteiger partial charge in [0.05, 0.1) is 12.6 Å². The monoisotopic (exact) mass is 187 g/mol. The van der Waals surface area contributed by atoms with Crippen molar-refractivity contribution in [2.45, 2.75) is 12.5 Å². The highest BCUT2D eigenvalue weighted by Gasteiger charge is 2.18. The van der Waals surface area contributed by atoms with Crippen molar-refractivity contribution in [2.75, 3.05) is 13.2 Å². The van der Waals surface area contributed by atoms with E-state index in [1.807, 2.05) is 0 Å². The number of benzene rings is 1. The Labute approximate surface area is 83.1 Å². The first kappa shape index (κ1) is 8.06. The number of rotatable bonds is 1. The molecule has 3 rings (SSSR count). The summed E-state index contributed by atoms with van der Waals surface area (Å²) in [5.74, 6) is 0. The Kier molecular flexibility index (Phi) is 1.81. The van der Waals surface area contributed by atoms with Gasteiger partial charge in [-0.05, 0) is 23.9 Å². The molecule has 2 nitrogen and oxygen atoms in total. The lowest BCUT2D eigenvalue weighted by Crippen LogP contribution is -2.06. The number of para-hydroxylation sites is 1. The predicted molar refractivity (Wildman–Crippen MR) is 56.4 cm³/mol. The lowest BCUT2D eigenvalue weighted by Gasteiger charge is -2.11. The molecule has 1 aromatic heterocycles. The van der Waals surface area contributed by atoms with Crippen molar-refractivity contribution < 1.29 is 4.74 Å². The summed E-state index contributed by atoms with van der Waals surface area (Å²) in [7, 11) is 0. The molecule has 0 saturated carbocycles. The third-order valence-electron chi connectivity index (χ3n) is 2.93. The first-order valence-electron chi connectivity index (χ1n) is 5.08. The van der Waals surface area contributed by atoms with E-state index in [1.165, 1.54) is 10.9 Å². The fourth-order valence-corrected chi connectivity index (χ4v) is 2.16. The van der Waals surface area contributed by atoms with Crippen LogP contribution in [-0.4, -0.2) is 17.8 Å². The topological polar surface area (TPSA) is 14.2 Å². The van der Waals surface area contributed by atoms with Gasteiger partial charge in [-0.25, -0.2) is 0 Å². The Hall–Kier alpha value is -1.28. The summed E-state index contributed by atoms with van der Waals surface area (Å²) in [6.45, 7) is 1.76. The van der Waals surface area contributed by atoms with Crippen LogP contribution < -0.4 is 0 Å². The Morgan fingerprint density at radius 2 is 2.14 bits per heavy atom. The normalized spacial score (nSPS) is 21.9. The molecule has 14 heavy (non-hydrogen) atoms. The Balaban J connectivity index is 2.11. The van der Waals surface area contributed by atoms with E-state index >= 15 is 0 Å². The van der Waals surface area contributed by atoms with Crippen LogP contribution in [0.4, 0.5) is 0 Å². The van der Waals surface area contributed by atoms with E-state index in [4.69, 9.17) is 4.74 Å². The number of ether oxygens (including phenoxy) is 1. The van der Waals surface area contributed by atoms with Crippen LogP contribution in [-0.2, 0) is 4.74 Å². The van der Waals surface area contributed by atoms with E-state index in [1.54, 1.807) is 0 Å². The maximum Gasteiger partial charge on any atom is 0.0674 e. The fourth-order valence-electron chi connectivity index (χ4n) is 2.16. The second-order valence-electron chi connectivity index (χ2n) is 3.80. The number of hydrogen-bond donors (Lipinski definition) is 0. The molecule has 1 unspecified atom stereocenters. The van der Waals surface area contributed by atoms with Gasteiger partial charge in [0.1, 0.15) is 0 Å². The summed E-state index contributed by atoms with van der Waals surface area (Å²) in [5.41, 5.74) is 1.32. The number of fused-ring (bicyclic) bond motifs is 1. The van der Waals surface area contributed by atoms with Crippen LogP contribution in [0.2, 0.25) is 0 Å². The zero-order valence-electron chi connectivity index (χ0n) is 8.02. The number of hydrogen-bond acceptors (Lipinski definition) is 1. The van der Waals surface area contributed by atoms with Gasteiger partial charge in [0.15, 0.2) is 0 Å². The molecule has 1 saturated heterocycles. The minimum absolute atomic E-state index is 0.537. The van der Waals surface area contributed by atoms with Crippen molar-refractivity contribution in [3.05, 3.63) is 36.5 Å². The lowest BCUT2D eigenvalue weighted by atomic mass is 10.2. The van der Waals surface area contributed by atoms with Gasteiger partial charge in [-0.2, -0.15) is 0 Å². The summed E-state index contributed by atoms with van der Waals surface area (Å²) in [6.07, 6.45) is 3.31.